The van der Waals surface area contributed by atoms with E-state index in [1.165, 1.54) is 18.5 Å². The molecule has 2 aliphatic rings. The number of piperazine rings is 1. The van der Waals surface area contributed by atoms with Crippen LogP contribution in [0, 0.1) is 5.82 Å². The average Bonchev–Trinajstić information content (AvgIpc) is 3.34. The first kappa shape index (κ1) is 24.8. The molecule has 1 N–H and O–H groups in total. The normalized spacial score (nSPS) is 17.6. The highest BCUT2D eigenvalue weighted by Gasteiger charge is 2.27. The van der Waals surface area contributed by atoms with Gasteiger partial charge in [0, 0.05) is 62.6 Å². The Bertz CT molecular complexity index is 1390. The minimum atomic E-state index is -0.298. The summed E-state index contributed by atoms with van der Waals surface area (Å²) in [5.41, 5.74) is 2.94. The fraction of sp³-hybridized carbons (Fsp3) is 0.414. The zero-order valence-electron chi connectivity index (χ0n) is 21.8. The van der Waals surface area contributed by atoms with E-state index in [0.29, 0.717) is 43.4 Å². The molecule has 0 spiro atoms. The number of nitrogens with zero attached hydrogens (tertiary/aromatic N) is 6. The molecule has 198 valence electrons. The first-order chi connectivity index (χ1) is 18.5. The van der Waals surface area contributed by atoms with Crippen molar-refractivity contribution >= 4 is 22.7 Å². The van der Waals surface area contributed by atoms with Crippen molar-refractivity contribution < 1.29 is 13.9 Å². The van der Waals surface area contributed by atoms with E-state index in [2.05, 4.69) is 38.5 Å². The molecule has 2 fully saturated rings. The summed E-state index contributed by atoms with van der Waals surface area (Å²) < 4.78 is 20.2. The van der Waals surface area contributed by atoms with E-state index < -0.39 is 0 Å². The lowest BCUT2D eigenvalue weighted by Gasteiger charge is -2.37. The average molecular weight is 517 g/mol. The lowest BCUT2D eigenvalue weighted by Crippen LogP contribution is -2.49. The highest BCUT2D eigenvalue weighted by molar-refractivity contribution is 6.06. The van der Waals surface area contributed by atoms with Gasteiger partial charge in [-0.15, -0.1) is 0 Å². The van der Waals surface area contributed by atoms with E-state index in [4.69, 9.17) is 9.40 Å². The van der Waals surface area contributed by atoms with Crippen molar-refractivity contribution in [3.05, 3.63) is 54.7 Å². The van der Waals surface area contributed by atoms with Crippen LogP contribution in [0.4, 0.5) is 16.0 Å². The number of aromatic nitrogens is 3. The van der Waals surface area contributed by atoms with Gasteiger partial charge in [0.05, 0.1) is 11.5 Å². The Hall–Kier alpha value is -3.56. The van der Waals surface area contributed by atoms with Gasteiger partial charge in [0.1, 0.15) is 29.5 Å². The zero-order chi connectivity index (χ0) is 26.2. The first-order valence-corrected chi connectivity index (χ1v) is 13.4. The Morgan fingerprint density at radius 3 is 2.24 bits per heavy atom. The third kappa shape index (κ3) is 4.72. The second kappa shape index (κ2) is 10.3. The monoisotopic (exact) mass is 516 g/mol. The van der Waals surface area contributed by atoms with E-state index in [1.807, 2.05) is 18.3 Å². The Morgan fingerprint density at radius 2 is 1.58 bits per heavy atom. The molecule has 0 radical (unpaired) electrons. The van der Waals surface area contributed by atoms with Gasteiger partial charge in [0.25, 0.3) is 0 Å². The van der Waals surface area contributed by atoms with Crippen molar-refractivity contribution in [2.24, 2.45) is 0 Å². The van der Waals surface area contributed by atoms with E-state index >= 15 is 0 Å². The quantitative estimate of drug-likeness (QED) is 0.413. The molecule has 38 heavy (non-hydrogen) atoms. The molecular formula is C29H33FN6O2. The summed E-state index contributed by atoms with van der Waals surface area (Å²) in [5, 5.41) is 10.8. The molecule has 5 heterocycles. The van der Waals surface area contributed by atoms with Gasteiger partial charge in [0.2, 0.25) is 5.71 Å². The van der Waals surface area contributed by atoms with E-state index in [-0.39, 0.29) is 11.9 Å². The summed E-state index contributed by atoms with van der Waals surface area (Å²) in [7, 11) is 0. The number of fused-ring (bicyclic) bond motifs is 1. The number of aliphatic hydroxyl groups excluding tert-OH is 1. The number of piperidine rings is 1. The van der Waals surface area contributed by atoms with Crippen LogP contribution in [0.3, 0.4) is 0 Å². The smallest absolute Gasteiger partial charge is 0.232 e. The molecule has 0 bridgehead atoms. The van der Waals surface area contributed by atoms with E-state index in [1.54, 1.807) is 12.1 Å². The lowest BCUT2D eigenvalue weighted by molar-refractivity contribution is 0.145. The van der Waals surface area contributed by atoms with Gasteiger partial charge in [-0.1, -0.05) is 12.1 Å². The molecule has 8 nitrogen and oxygen atoms in total. The molecule has 2 aliphatic heterocycles. The molecule has 0 aliphatic carbocycles. The maximum atomic E-state index is 13.9. The third-order valence-electron chi connectivity index (χ3n) is 7.74. The van der Waals surface area contributed by atoms with Crippen LogP contribution in [0.25, 0.3) is 33.6 Å². The second-order valence-electron chi connectivity index (χ2n) is 10.4. The van der Waals surface area contributed by atoms with Crippen LogP contribution in [0.2, 0.25) is 0 Å². The van der Waals surface area contributed by atoms with Crippen LogP contribution < -0.4 is 9.80 Å². The minimum absolute atomic E-state index is 0.294. The van der Waals surface area contributed by atoms with Crippen LogP contribution in [-0.4, -0.2) is 76.4 Å². The molecule has 0 saturated carbocycles. The number of pyridine rings is 1. The van der Waals surface area contributed by atoms with Crippen LogP contribution in [0.15, 0.2) is 53.3 Å². The summed E-state index contributed by atoms with van der Waals surface area (Å²) in [5.74, 6) is 2.05. The summed E-state index contributed by atoms with van der Waals surface area (Å²) >= 11 is 0. The van der Waals surface area contributed by atoms with Gasteiger partial charge < -0.3 is 19.3 Å². The number of aliphatic hydroxyl groups is 1. The molecule has 4 aromatic rings. The zero-order valence-corrected chi connectivity index (χ0v) is 21.8. The fourth-order valence-electron chi connectivity index (χ4n) is 5.51. The van der Waals surface area contributed by atoms with Gasteiger partial charge in [0.15, 0.2) is 0 Å². The molecule has 3 aromatic heterocycles. The largest absolute Gasteiger partial charge is 0.437 e. The van der Waals surface area contributed by atoms with Crippen LogP contribution in [-0.2, 0) is 0 Å². The summed E-state index contributed by atoms with van der Waals surface area (Å²) in [6, 6.07) is 11.1. The highest BCUT2D eigenvalue weighted by atomic mass is 19.1. The lowest BCUT2D eigenvalue weighted by atomic mass is 9.99. The number of anilines is 2. The second-order valence-corrected chi connectivity index (χ2v) is 10.4. The first-order valence-electron chi connectivity index (χ1n) is 13.4. The Labute approximate surface area is 221 Å². The van der Waals surface area contributed by atoms with Gasteiger partial charge in [-0.3, -0.25) is 4.90 Å². The van der Waals surface area contributed by atoms with Gasteiger partial charge in [-0.05, 0) is 56.5 Å². The van der Waals surface area contributed by atoms with Crippen LogP contribution >= 0.6 is 0 Å². The maximum Gasteiger partial charge on any atom is 0.232 e. The summed E-state index contributed by atoms with van der Waals surface area (Å²) in [6.07, 6.45) is 4.43. The topological polar surface area (TPSA) is 81.8 Å². The fourth-order valence-corrected chi connectivity index (χ4v) is 5.51. The van der Waals surface area contributed by atoms with Crippen molar-refractivity contribution in [3.8, 4) is 22.5 Å². The van der Waals surface area contributed by atoms with Crippen molar-refractivity contribution in [1.29, 1.82) is 0 Å². The molecule has 2 saturated heterocycles. The maximum absolute atomic E-state index is 13.9. The SMILES string of the molecule is CC(C)N1CCN(c2ccc(-c3oc4ncnc(N5CCC(O)CC5)c4c3-c3ccc(F)cc3)cn2)CC1. The minimum Gasteiger partial charge on any atom is -0.437 e. The number of halogens is 1. The van der Waals surface area contributed by atoms with Crippen LogP contribution in [0.1, 0.15) is 26.7 Å². The number of rotatable bonds is 5. The molecule has 0 unspecified atom stereocenters. The number of furan rings is 1. The Kier molecular flexibility index (Phi) is 6.71. The standard InChI is InChI=1S/C29H33FN6O2/c1-19(2)34-13-15-35(16-14-34)24-8-5-21(17-31-24)27-25(20-3-6-22(30)7-4-20)26-28(32-18-33-29(26)38-27)36-11-9-23(37)10-12-36/h3-8,17-19,23,37H,9-16H2,1-2H3. The van der Waals surface area contributed by atoms with Crippen molar-refractivity contribution in [3.63, 3.8) is 0 Å². The predicted octanol–water partition coefficient (Wildman–Crippen LogP) is 4.58. The molecule has 1 aromatic carbocycles. The Morgan fingerprint density at radius 1 is 0.868 bits per heavy atom. The molecule has 0 atom stereocenters. The van der Waals surface area contributed by atoms with Crippen molar-refractivity contribution in [2.45, 2.75) is 38.8 Å². The predicted molar refractivity (Wildman–Crippen MR) is 147 cm³/mol. The van der Waals surface area contributed by atoms with Crippen molar-refractivity contribution in [1.82, 2.24) is 19.9 Å². The van der Waals surface area contributed by atoms with Gasteiger partial charge in [-0.25, -0.2) is 19.3 Å². The summed E-state index contributed by atoms with van der Waals surface area (Å²) in [4.78, 5) is 20.9. The van der Waals surface area contributed by atoms with E-state index in [0.717, 1.165) is 59.9 Å². The number of hydrogen-bond donors (Lipinski definition) is 1. The van der Waals surface area contributed by atoms with Crippen molar-refractivity contribution in [2.75, 3.05) is 49.1 Å². The molecule has 0 amide bonds. The van der Waals surface area contributed by atoms with Gasteiger partial charge in [-0.2, -0.15) is 0 Å². The molecule has 6 rings (SSSR count). The van der Waals surface area contributed by atoms with Gasteiger partial charge >= 0.3 is 0 Å². The summed E-state index contributed by atoms with van der Waals surface area (Å²) in [6.45, 7) is 9.79. The number of benzene rings is 1. The van der Waals surface area contributed by atoms with E-state index in [9.17, 15) is 9.50 Å². The number of hydrogen-bond acceptors (Lipinski definition) is 8. The third-order valence-corrected chi connectivity index (χ3v) is 7.74. The van der Waals surface area contributed by atoms with Crippen LogP contribution in [0.5, 0.6) is 0 Å². The Balaban J connectivity index is 1.40. The highest BCUT2D eigenvalue weighted by Crippen LogP contribution is 2.43. The molecule has 9 heteroatoms. The molecular weight excluding hydrogens is 483 g/mol.